The van der Waals surface area contributed by atoms with Gasteiger partial charge < -0.3 is 9.64 Å². The molecule has 4 rings (SSSR count). The Hall–Kier alpha value is -1.46. The predicted octanol–water partition coefficient (Wildman–Crippen LogP) is 1.83. The number of hydrogen-bond donors (Lipinski definition) is 0. The first-order chi connectivity index (χ1) is 11.3. The maximum absolute atomic E-state index is 12.5. The Morgan fingerprint density at radius 1 is 1.30 bits per heavy atom. The van der Waals surface area contributed by atoms with Crippen LogP contribution in [0.2, 0.25) is 0 Å². The number of pyridine rings is 1. The monoisotopic (exact) mass is 315 g/mol. The van der Waals surface area contributed by atoms with Gasteiger partial charge in [0, 0.05) is 56.6 Å². The fraction of sp³-hybridized carbons (Fsp3) is 0.667. The van der Waals surface area contributed by atoms with Crippen LogP contribution in [0.25, 0.3) is 0 Å². The first-order valence-corrected chi connectivity index (χ1v) is 8.78. The van der Waals surface area contributed by atoms with Crippen molar-refractivity contribution in [3.8, 4) is 0 Å². The highest BCUT2D eigenvalue weighted by molar-refractivity contribution is 5.79. The zero-order valence-corrected chi connectivity index (χ0v) is 13.6. The van der Waals surface area contributed by atoms with Gasteiger partial charge in [-0.3, -0.25) is 14.7 Å². The van der Waals surface area contributed by atoms with Crippen LogP contribution in [0.5, 0.6) is 0 Å². The summed E-state index contributed by atoms with van der Waals surface area (Å²) in [5.74, 6) is 0.312. The molecule has 3 aliphatic heterocycles. The summed E-state index contributed by atoms with van der Waals surface area (Å²) in [5, 5.41) is 0. The van der Waals surface area contributed by atoms with Crippen LogP contribution in [0.1, 0.15) is 37.7 Å². The van der Waals surface area contributed by atoms with Crippen molar-refractivity contribution < 1.29 is 9.53 Å². The molecule has 5 nitrogen and oxygen atoms in total. The van der Waals surface area contributed by atoms with E-state index in [0.717, 1.165) is 57.6 Å². The molecule has 4 heterocycles. The molecule has 5 heteroatoms. The molecule has 0 saturated carbocycles. The molecule has 1 spiro atoms. The second-order valence-corrected chi connectivity index (χ2v) is 7.12. The molecule has 0 bridgehead atoms. The minimum atomic E-state index is 0.0723. The summed E-state index contributed by atoms with van der Waals surface area (Å²) < 4.78 is 5.53. The molecular weight excluding hydrogens is 290 g/mol. The third-order valence-electron chi connectivity index (χ3n) is 5.89. The highest BCUT2D eigenvalue weighted by atomic mass is 16.5. The molecule has 1 aromatic heterocycles. The van der Waals surface area contributed by atoms with Crippen molar-refractivity contribution in [2.75, 3.05) is 26.3 Å². The van der Waals surface area contributed by atoms with Crippen molar-refractivity contribution >= 4 is 5.91 Å². The van der Waals surface area contributed by atoms with Crippen LogP contribution >= 0.6 is 0 Å². The van der Waals surface area contributed by atoms with Gasteiger partial charge in [-0.1, -0.05) is 6.07 Å². The maximum atomic E-state index is 12.5. The Balaban J connectivity index is 1.45. The van der Waals surface area contributed by atoms with Gasteiger partial charge in [-0.15, -0.1) is 0 Å². The lowest BCUT2D eigenvalue weighted by Gasteiger charge is -2.46. The van der Waals surface area contributed by atoms with E-state index in [1.165, 1.54) is 0 Å². The fourth-order valence-electron chi connectivity index (χ4n) is 4.44. The number of hydrogen-bond acceptors (Lipinski definition) is 4. The van der Waals surface area contributed by atoms with Gasteiger partial charge in [-0.25, -0.2) is 0 Å². The average Bonchev–Trinajstić information content (AvgIpc) is 3.22. The number of aromatic nitrogens is 1. The highest BCUT2D eigenvalue weighted by Crippen LogP contribution is 2.40. The first kappa shape index (κ1) is 15.1. The van der Waals surface area contributed by atoms with Gasteiger partial charge in [0.2, 0.25) is 5.91 Å². The van der Waals surface area contributed by atoms with Gasteiger partial charge >= 0.3 is 0 Å². The third-order valence-corrected chi connectivity index (χ3v) is 5.89. The molecule has 23 heavy (non-hydrogen) atoms. The number of carbonyl (C=O) groups is 1. The van der Waals surface area contributed by atoms with E-state index in [1.54, 1.807) is 6.20 Å². The molecule has 124 valence electrons. The van der Waals surface area contributed by atoms with Crippen LogP contribution in [-0.4, -0.2) is 58.6 Å². The summed E-state index contributed by atoms with van der Waals surface area (Å²) in [6, 6.07) is 4.61. The second-order valence-electron chi connectivity index (χ2n) is 7.12. The Kier molecular flexibility index (Phi) is 4.07. The summed E-state index contributed by atoms with van der Waals surface area (Å²) in [6.07, 6.45) is 8.72. The maximum Gasteiger partial charge on any atom is 0.223 e. The van der Waals surface area contributed by atoms with Crippen molar-refractivity contribution in [2.24, 2.45) is 0 Å². The number of carbonyl (C=O) groups excluding carboxylic acids is 1. The quantitative estimate of drug-likeness (QED) is 0.854. The van der Waals surface area contributed by atoms with E-state index >= 15 is 0 Å². The predicted molar refractivity (Wildman–Crippen MR) is 86.8 cm³/mol. The molecule has 1 atom stereocenters. The molecule has 1 unspecified atom stereocenters. The van der Waals surface area contributed by atoms with Crippen molar-refractivity contribution in [1.29, 1.82) is 0 Å². The number of likely N-dealkylation sites (tertiary alicyclic amines) is 2. The average molecular weight is 315 g/mol. The zero-order chi connectivity index (χ0) is 15.7. The lowest BCUT2D eigenvalue weighted by molar-refractivity contribution is -0.133. The fourth-order valence-corrected chi connectivity index (χ4v) is 4.44. The normalized spacial score (nSPS) is 27.9. The summed E-state index contributed by atoms with van der Waals surface area (Å²) in [5.41, 5.74) is 1.21. The summed E-state index contributed by atoms with van der Waals surface area (Å²) >= 11 is 0. The largest absolute Gasteiger partial charge is 0.380 e. The van der Waals surface area contributed by atoms with Crippen LogP contribution in [-0.2, 0) is 16.1 Å². The van der Waals surface area contributed by atoms with Gasteiger partial charge in [0.25, 0.3) is 0 Å². The SMILES string of the molecule is O=C1CCC2(CCN(C3CCOC3)CC2)N1Cc1cccnc1. The highest BCUT2D eigenvalue weighted by Gasteiger charge is 2.47. The number of rotatable bonds is 3. The Morgan fingerprint density at radius 2 is 2.17 bits per heavy atom. The number of ether oxygens (including phenoxy) is 1. The smallest absolute Gasteiger partial charge is 0.223 e. The summed E-state index contributed by atoms with van der Waals surface area (Å²) in [6.45, 7) is 4.66. The lowest BCUT2D eigenvalue weighted by Crippen LogP contribution is -2.54. The Bertz CT molecular complexity index is 549. The molecule has 1 amide bonds. The van der Waals surface area contributed by atoms with Crippen LogP contribution in [0.4, 0.5) is 0 Å². The van der Waals surface area contributed by atoms with Gasteiger partial charge in [0.05, 0.1) is 6.61 Å². The molecule has 0 N–H and O–H groups in total. The molecule has 1 aromatic rings. The number of amides is 1. The minimum Gasteiger partial charge on any atom is -0.380 e. The van der Waals surface area contributed by atoms with Crippen LogP contribution < -0.4 is 0 Å². The van der Waals surface area contributed by atoms with E-state index in [2.05, 4.69) is 20.9 Å². The molecule has 0 aliphatic carbocycles. The van der Waals surface area contributed by atoms with Crippen molar-refractivity contribution in [3.63, 3.8) is 0 Å². The second kappa shape index (κ2) is 6.21. The van der Waals surface area contributed by atoms with Crippen molar-refractivity contribution in [2.45, 2.75) is 50.2 Å². The number of nitrogens with zero attached hydrogens (tertiary/aromatic N) is 3. The molecule has 3 fully saturated rings. The molecule has 0 aromatic carbocycles. The molecule has 3 aliphatic rings. The van der Waals surface area contributed by atoms with E-state index in [9.17, 15) is 4.79 Å². The van der Waals surface area contributed by atoms with Gasteiger partial charge in [0.1, 0.15) is 0 Å². The van der Waals surface area contributed by atoms with Crippen molar-refractivity contribution in [1.82, 2.24) is 14.8 Å². The minimum absolute atomic E-state index is 0.0723. The van der Waals surface area contributed by atoms with Gasteiger partial charge in [-0.05, 0) is 37.3 Å². The standard InChI is InChI=1S/C18H25N3O2/c22-17-3-5-18(21(17)13-15-2-1-8-19-12-15)6-9-20(10-7-18)16-4-11-23-14-16/h1-2,8,12,16H,3-7,9-11,13-14H2. The third kappa shape index (κ3) is 2.88. The van der Waals surface area contributed by atoms with Crippen molar-refractivity contribution in [3.05, 3.63) is 30.1 Å². The molecule has 0 radical (unpaired) electrons. The molecule has 3 saturated heterocycles. The van der Waals surface area contributed by atoms with Crippen LogP contribution in [0.3, 0.4) is 0 Å². The van der Waals surface area contributed by atoms with E-state index in [1.807, 2.05) is 12.3 Å². The topological polar surface area (TPSA) is 45.7 Å². The van der Waals surface area contributed by atoms with Gasteiger partial charge in [-0.2, -0.15) is 0 Å². The van der Waals surface area contributed by atoms with Crippen LogP contribution in [0, 0.1) is 0 Å². The van der Waals surface area contributed by atoms with E-state index < -0.39 is 0 Å². The Morgan fingerprint density at radius 3 is 2.87 bits per heavy atom. The number of piperidine rings is 1. The van der Waals surface area contributed by atoms with E-state index in [4.69, 9.17) is 4.74 Å². The lowest BCUT2D eigenvalue weighted by atomic mass is 9.84. The van der Waals surface area contributed by atoms with E-state index in [-0.39, 0.29) is 5.54 Å². The zero-order valence-electron chi connectivity index (χ0n) is 13.6. The summed E-state index contributed by atoms with van der Waals surface area (Å²) in [4.78, 5) is 21.4. The first-order valence-electron chi connectivity index (χ1n) is 8.78. The van der Waals surface area contributed by atoms with Gasteiger partial charge in [0.15, 0.2) is 0 Å². The summed E-state index contributed by atoms with van der Waals surface area (Å²) in [7, 11) is 0. The van der Waals surface area contributed by atoms with Crippen LogP contribution in [0.15, 0.2) is 24.5 Å². The van der Waals surface area contributed by atoms with E-state index in [0.29, 0.717) is 24.9 Å². The Labute approximate surface area is 137 Å². The molecular formula is C18H25N3O2.